The van der Waals surface area contributed by atoms with E-state index in [0.717, 1.165) is 37.9 Å². The number of fused-ring (bicyclic) bond motifs is 1. The van der Waals surface area contributed by atoms with Crippen molar-refractivity contribution in [1.82, 2.24) is 10.3 Å². The standard InChI is InChI=1S/C19H23N3O/c23-19(17-9-8-15-5-1-2-6-16(15)13-17)22-12-4-11-21-18-7-3-10-20-14-18/h1-3,5-7,10,14,17,21H,4,8-9,11-13H2,(H,22,23)/t17-/m0/s1. The predicted molar refractivity (Wildman–Crippen MR) is 92.3 cm³/mol. The number of carbonyl (C=O) groups excluding carboxylic acids is 1. The number of nitrogens with zero attached hydrogens (tertiary/aromatic N) is 1. The Hall–Kier alpha value is -2.36. The van der Waals surface area contributed by atoms with Crippen molar-refractivity contribution in [2.75, 3.05) is 18.4 Å². The van der Waals surface area contributed by atoms with Gasteiger partial charge in [-0.1, -0.05) is 24.3 Å². The molecule has 0 fully saturated rings. The largest absolute Gasteiger partial charge is 0.384 e. The highest BCUT2D eigenvalue weighted by Gasteiger charge is 2.23. The zero-order valence-corrected chi connectivity index (χ0v) is 13.3. The Labute approximate surface area is 137 Å². The van der Waals surface area contributed by atoms with Crippen LogP contribution in [-0.4, -0.2) is 24.0 Å². The molecule has 0 spiro atoms. The lowest BCUT2D eigenvalue weighted by molar-refractivity contribution is -0.125. The molecule has 0 aliphatic heterocycles. The van der Waals surface area contributed by atoms with Gasteiger partial charge in [0, 0.05) is 31.4 Å². The van der Waals surface area contributed by atoms with E-state index in [1.165, 1.54) is 11.1 Å². The molecule has 1 aliphatic rings. The minimum Gasteiger partial charge on any atom is -0.384 e. The summed E-state index contributed by atoms with van der Waals surface area (Å²) in [6.07, 6.45) is 7.30. The minimum absolute atomic E-state index is 0.121. The number of benzene rings is 1. The van der Waals surface area contributed by atoms with E-state index in [1.54, 1.807) is 12.4 Å². The van der Waals surface area contributed by atoms with Crippen molar-refractivity contribution in [1.29, 1.82) is 0 Å². The molecule has 1 aromatic heterocycles. The molecule has 1 heterocycles. The monoisotopic (exact) mass is 309 g/mol. The average Bonchev–Trinajstić information content (AvgIpc) is 2.61. The number of amides is 1. The number of carbonyl (C=O) groups is 1. The first-order chi connectivity index (χ1) is 11.3. The third kappa shape index (κ3) is 4.31. The summed E-state index contributed by atoms with van der Waals surface area (Å²) in [6.45, 7) is 1.55. The molecule has 0 saturated heterocycles. The van der Waals surface area contributed by atoms with Gasteiger partial charge >= 0.3 is 0 Å². The van der Waals surface area contributed by atoms with Crippen molar-refractivity contribution in [2.24, 2.45) is 5.92 Å². The SMILES string of the molecule is O=C(NCCCNc1cccnc1)[C@H]1CCc2ccccc2C1. The Bertz CT molecular complexity index is 642. The molecule has 1 amide bonds. The number of nitrogens with one attached hydrogen (secondary N) is 2. The van der Waals surface area contributed by atoms with E-state index in [1.807, 2.05) is 12.1 Å². The first-order valence-electron chi connectivity index (χ1n) is 8.31. The van der Waals surface area contributed by atoms with Crippen LogP contribution in [-0.2, 0) is 17.6 Å². The molecular formula is C19H23N3O. The van der Waals surface area contributed by atoms with Gasteiger partial charge in [0.15, 0.2) is 0 Å². The van der Waals surface area contributed by atoms with E-state index in [-0.39, 0.29) is 11.8 Å². The van der Waals surface area contributed by atoms with Gasteiger partial charge in [0.1, 0.15) is 0 Å². The molecule has 120 valence electrons. The van der Waals surface area contributed by atoms with E-state index in [0.29, 0.717) is 6.54 Å². The zero-order chi connectivity index (χ0) is 15.9. The molecule has 0 saturated carbocycles. The molecule has 0 unspecified atom stereocenters. The summed E-state index contributed by atoms with van der Waals surface area (Å²) in [4.78, 5) is 16.4. The van der Waals surface area contributed by atoms with Gasteiger partial charge in [-0.05, 0) is 48.9 Å². The Balaban J connectivity index is 1.37. The van der Waals surface area contributed by atoms with Crippen molar-refractivity contribution in [3.05, 3.63) is 59.9 Å². The molecule has 0 bridgehead atoms. The van der Waals surface area contributed by atoms with E-state index < -0.39 is 0 Å². The van der Waals surface area contributed by atoms with Crippen molar-refractivity contribution in [3.8, 4) is 0 Å². The van der Waals surface area contributed by atoms with Gasteiger partial charge in [-0.2, -0.15) is 0 Å². The van der Waals surface area contributed by atoms with Crippen molar-refractivity contribution < 1.29 is 4.79 Å². The second-order valence-electron chi connectivity index (χ2n) is 6.02. The first kappa shape index (κ1) is 15.5. The summed E-state index contributed by atoms with van der Waals surface area (Å²) < 4.78 is 0. The van der Waals surface area contributed by atoms with Crippen LogP contribution in [0, 0.1) is 5.92 Å². The maximum Gasteiger partial charge on any atom is 0.223 e. The van der Waals surface area contributed by atoms with Gasteiger partial charge in [0.25, 0.3) is 0 Å². The van der Waals surface area contributed by atoms with Gasteiger partial charge in [-0.25, -0.2) is 0 Å². The van der Waals surface area contributed by atoms with Crippen LogP contribution in [0.25, 0.3) is 0 Å². The molecule has 23 heavy (non-hydrogen) atoms. The molecular weight excluding hydrogens is 286 g/mol. The van der Waals surface area contributed by atoms with Crippen LogP contribution < -0.4 is 10.6 Å². The number of aromatic nitrogens is 1. The summed E-state index contributed by atoms with van der Waals surface area (Å²) in [5.74, 6) is 0.317. The molecule has 2 N–H and O–H groups in total. The zero-order valence-electron chi connectivity index (χ0n) is 13.3. The summed E-state index contributed by atoms with van der Waals surface area (Å²) in [6, 6.07) is 12.4. The lowest BCUT2D eigenvalue weighted by Crippen LogP contribution is -2.35. The normalized spacial score (nSPS) is 16.4. The van der Waals surface area contributed by atoms with E-state index in [9.17, 15) is 4.79 Å². The Morgan fingerprint density at radius 2 is 2.00 bits per heavy atom. The third-order valence-corrected chi connectivity index (χ3v) is 4.36. The quantitative estimate of drug-likeness (QED) is 0.807. The van der Waals surface area contributed by atoms with Gasteiger partial charge in [0.05, 0.1) is 5.69 Å². The highest BCUT2D eigenvalue weighted by molar-refractivity contribution is 5.79. The Morgan fingerprint density at radius 3 is 2.83 bits per heavy atom. The van der Waals surface area contributed by atoms with Crippen LogP contribution >= 0.6 is 0 Å². The number of rotatable bonds is 6. The van der Waals surface area contributed by atoms with Crippen LogP contribution in [0.1, 0.15) is 24.0 Å². The van der Waals surface area contributed by atoms with Gasteiger partial charge < -0.3 is 10.6 Å². The smallest absolute Gasteiger partial charge is 0.223 e. The number of pyridine rings is 1. The van der Waals surface area contributed by atoms with E-state index in [2.05, 4.69) is 39.9 Å². The number of hydrogen-bond donors (Lipinski definition) is 2. The molecule has 2 aromatic rings. The number of anilines is 1. The topological polar surface area (TPSA) is 54.0 Å². The third-order valence-electron chi connectivity index (χ3n) is 4.36. The number of aryl methyl sites for hydroxylation is 1. The fourth-order valence-corrected chi connectivity index (χ4v) is 3.07. The lowest BCUT2D eigenvalue weighted by Gasteiger charge is -2.23. The van der Waals surface area contributed by atoms with E-state index >= 15 is 0 Å². The van der Waals surface area contributed by atoms with Crippen LogP contribution in [0.15, 0.2) is 48.8 Å². The minimum atomic E-state index is 0.121. The fraction of sp³-hybridized carbons (Fsp3) is 0.368. The lowest BCUT2D eigenvalue weighted by atomic mass is 9.83. The molecule has 0 radical (unpaired) electrons. The maximum atomic E-state index is 12.3. The fourth-order valence-electron chi connectivity index (χ4n) is 3.07. The average molecular weight is 309 g/mol. The first-order valence-corrected chi connectivity index (χ1v) is 8.31. The van der Waals surface area contributed by atoms with Gasteiger partial charge in [-0.15, -0.1) is 0 Å². The van der Waals surface area contributed by atoms with Crippen molar-refractivity contribution >= 4 is 11.6 Å². The maximum absolute atomic E-state index is 12.3. The van der Waals surface area contributed by atoms with Gasteiger partial charge in [-0.3, -0.25) is 9.78 Å². The molecule has 1 atom stereocenters. The van der Waals surface area contributed by atoms with Crippen LogP contribution in [0.2, 0.25) is 0 Å². The molecule has 4 nitrogen and oxygen atoms in total. The van der Waals surface area contributed by atoms with Crippen LogP contribution in [0.4, 0.5) is 5.69 Å². The van der Waals surface area contributed by atoms with Gasteiger partial charge in [0.2, 0.25) is 5.91 Å². The van der Waals surface area contributed by atoms with Crippen molar-refractivity contribution in [2.45, 2.75) is 25.7 Å². The Kier molecular flexibility index (Phi) is 5.25. The highest BCUT2D eigenvalue weighted by Crippen LogP contribution is 2.25. The molecule has 1 aliphatic carbocycles. The molecule has 3 rings (SSSR count). The van der Waals surface area contributed by atoms with E-state index in [4.69, 9.17) is 0 Å². The Morgan fingerprint density at radius 1 is 1.13 bits per heavy atom. The van der Waals surface area contributed by atoms with Crippen LogP contribution in [0.5, 0.6) is 0 Å². The molecule has 1 aromatic carbocycles. The predicted octanol–water partition coefficient (Wildman–Crippen LogP) is 2.80. The summed E-state index contributed by atoms with van der Waals surface area (Å²) in [5, 5.41) is 6.37. The summed E-state index contributed by atoms with van der Waals surface area (Å²) in [5.41, 5.74) is 3.75. The highest BCUT2D eigenvalue weighted by atomic mass is 16.1. The summed E-state index contributed by atoms with van der Waals surface area (Å²) >= 11 is 0. The number of hydrogen-bond acceptors (Lipinski definition) is 3. The second-order valence-corrected chi connectivity index (χ2v) is 6.02. The molecule has 4 heteroatoms. The second kappa shape index (κ2) is 7.77. The van der Waals surface area contributed by atoms with Crippen molar-refractivity contribution in [3.63, 3.8) is 0 Å². The summed E-state index contributed by atoms with van der Waals surface area (Å²) in [7, 11) is 0. The van der Waals surface area contributed by atoms with Crippen LogP contribution in [0.3, 0.4) is 0 Å².